The van der Waals surface area contributed by atoms with E-state index in [0.29, 0.717) is 50.5 Å². The molecule has 1 saturated heterocycles. The second kappa shape index (κ2) is 10.4. The van der Waals surface area contributed by atoms with Crippen molar-refractivity contribution in [2.45, 2.75) is 19.4 Å². The van der Waals surface area contributed by atoms with Crippen molar-refractivity contribution in [3.63, 3.8) is 0 Å². The number of nitrogens with zero attached hydrogens (tertiary/aromatic N) is 3. The molecule has 1 fully saturated rings. The minimum Gasteiger partial charge on any atom is -0.330 e. The SMILES string of the molecule is C[N+]1(Cc2cccc(-c3nc4cc(Cl)ccc4c(=O)n3-c3ccc(Cl)c(F)c3)c2Cl)CCCC(CN)C1. The Morgan fingerprint density at radius 2 is 1.95 bits per heavy atom. The number of piperidine rings is 1. The van der Waals surface area contributed by atoms with Crippen LogP contribution >= 0.6 is 34.8 Å². The average molecular weight is 561 g/mol. The van der Waals surface area contributed by atoms with E-state index in [1.54, 1.807) is 24.3 Å². The molecule has 3 aromatic carbocycles. The van der Waals surface area contributed by atoms with Gasteiger partial charge in [0.1, 0.15) is 18.2 Å². The number of likely N-dealkylation sites (tertiary alicyclic amines) is 1. The standard InChI is InChI=1S/C28H27Cl3FN4O/c1-36(11-3-4-17(14-33)15-36)16-18-5-2-6-22(26(18)31)27-34-25-12-19(29)7-9-21(25)28(37)35(27)20-8-10-23(30)24(32)13-20/h2,5-10,12-13,17H,3-4,11,14-16,33H2,1H3/q+1. The molecule has 4 aromatic rings. The molecule has 5 nitrogen and oxygen atoms in total. The van der Waals surface area contributed by atoms with Crippen molar-refractivity contribution >= 4 is 45.7 Å². The molecule has 0 spiro atoms. The van der Waals surface area contributed by atoms with Gasteiger partial charge in [0.05, 0.1) is 46.8 Å². The highest BCUT2D eigenvalue weighted by molar-refractivity contribution is 6.34. The summed E-state index contributed by atoms with van der Waals surface area (Å²) < 4.78 is 16.7. The van der Waals surface area contributed by atoms with Crippen LogP contribution in [0.2, 0.25) is 15.1 Å². The molecule has 0 aliphatic carbocycles. The van der Waals surface area contributed by atoms with Crippen LogP contribution in [0.25, 0.3) is 28.0 Å². The highest BCUT2D eigenvalue weighted by atomic mass is 35.5. The molecule has 0 amide bonds. The minimum absolute atomic E-state index is 0.0341. The molecule has 9 heteroatoms. The van der Waals surface area contributed by atoms with Crippen LogP contribution in [0, 0.1) is 11.7 Å². The highest BCUT2D eigenvalue weighted by Gasteiger charge is 2.32. The van der Waals surface area contributed by atoms with Gasteiger partial charge in [-0.3, -0.25) is 9.36 Å². The first-order valence-corrected chi connectivity index (χ1v) is 13.3. The van der Waals surface area contributed by atoms with Crippen LogP contribution in [-0.2, 0) is 6.54 Å². The van der Waals surface area contributed by atoms with Crippen LogP contribution in [0.15, 0.2) is 59.4 Å². The van der Waals surface area contributed by atoms with Gasteiger partial charge in [-0.1, -0.05) is 46.9 Å². The molecule has 2 heterocycles. The molecule has 1 aliphatic heterocycles. The number of aromatic nitrogens is 2. The molecular formula is C28H27Cl3FN4O+. The summed E-state index contributed by atoms with van der Waals surface area (Å²) in [6.07, 6.45) is 2.26. The first-order chi connectivity index (χ1) is 17.7. The summed E-state index contributed by atoms with van der Waals surface area (Å²) in [6, 6.07) is 14.9. The fraction of sp³-hybridized carbons (Fsp3) is 0.286. The van der Waals surface area contributed by atoms with Crippen molar-refractivity contribution in [3.8, 4) is 17.1 Å². The van der Waals surface area contributed by atoms with Gasteiger partial charge in [-0.05, 0) is 55.3 Å². The van der Waals surface area contributed by atoms with E-state index in [-0.39, 0.29) is 10.6 Å². The van der Waals surface area contributed by atoms with E-state index >= 15 is 0 Å². The van der Waals surface area contributed by atoms with E-state index in [0.717, 1.165) is 42.5 Å². The zero-order chi connectivity index (χ0) is 26.3. The lowest BCUT2D eigenvalue weighted by atomic mass is 9.95. The summed E-state index contributed by atoms with van der Waals surface area (Å²) in [4.78, 5) is 18.5. The predicted octanol–water partition coefficient (Wildman–Crippen LogP) is 6.47. The van der Waals surface area contributed by atoms with E-state index in [1.807, 2.05) is 18.2 Å². The first kappa shape index (κ1) is 26.1. The molecule has 1 aliphatic rings. The van der Waals surface area contributed by atoms with Crippen LogP contribution < -0.4 is 11.3 Å². The molecule has 192 valence electrons. The predicted molar refractivity (Wildman–Crippen MR) is 149 cm³/mol. The molecule has 0 bridgehead atoms. The van der Waals surface area contributed by atoms with Gasteiger partial charge in [0.15, 0.2) is 0 Å². The smallest absolute Gasteiger partial charge is 0.266 e. The average Bonchev–Trinajstić information content (AvgIpc) is 2.86. The first-order valence-electron chi connectivity index (χ1n) is 12.2. The zero-order valence-corrected chi connectivity index (χ0v) is 22.6. The summed E-state index contributed by atoms with van der Waals surface area (Å²) in [5, 5.41) is 1.29. The zero-order valence-electron chi connectivity index (χ0n) is 20.4. The molecule has 5 rings (SSSR count). The van der Waals surface area contributed by atoms with Crippen LogP contribution in [0.1, 0.15) is 18.4 Å². The van der Waals surface area contributed by atoms with Crippen LogP contribution in [0.3, 0.4) is 0 Å². The third-order valence-electron chi connectivity index (χ3n) is 7.21. The van der Waals surface area contributed by atoms with Crippen molar-refractivity contribution in [2.24, 2.45) is 11.7 Å². The van der Waals surface area contributed by atoms with Gasteiger partial charge in [-0.2, -0.15) is 0 Å². The van der Waals surface area contributed by atoms with Crippen molar-refractivity contribution in [1.29, 1.82) is 0 Å². The van der Waals surface area contributed by atoms with Gasteiger partial charge in [-0.15, -0.1) is 0 Å². The highest BCUT2D eigenvalue weighted by Crippen LogP contribution is 2.34. The van der Waals surface area contributed by atoms with E-state index in [1.165, 1.54) is 16.7 Å². The van der Waals surface area contributed by atoms with Gasteiger partial charge in [-0.25, -0.2) is 9.37 Å². The number of fused-ring (bicyclic) bond motifs is 1. The fourth-order valence-corrected chi connectivity index (χ4v) is 5.95. The Hall–Kier alpha value is -2.48. The second-order valence-electron chi connectivity index (χ2n) is 10.0. The Kier molecular flexibility index (Phi) is 7.31. The normalized spacial score (nSPS) is 19.9. The van der Waals surface area contributed by atoms with Gasteiger partial charge < -0.3 is 10.2 Å². The Balaban J connectivity index is 1.69. The van der Waals surface area contributed by atoms with E-state index < -0.39 is 5.82 Å². The number of rotatable bonds is 5. The molecule has 0 radical (unpaired) electrons. The van der Waals surface area contributed by atoms with E-state index in [9.17, 15) is 9.18 Å². The summed E-state index contributed by atoms with van der Waals surface area (Å²) in [7, 11) is 2.23. The molecule has 2 atom stereocenters. The van der Waals surface area contributed by atoms with Gasteiger partial charge in [0, 0.05) is 28.6 Å². The summed E-state index contributed by atoms with van der Waals surface area (Å²) in [6.45, 7) is 3.43. The molecular weight excluding hydrogens is 534 g/mol. The summed E-state index contributed by atoms with van der Waals surface area (Å²) in [5.74, 6) is 0.150. The van der Waals surface area contributed by atoms with Gasteiger partial charge in [0.25, 0.3) is 5.56 Å². The lowest BCUT2D eigenvalue weighted by Crippen LogP contribution is -2.51. The van der Waals surface area contributed by atoms with Crippen molar-refractivity contribution in [2.75, 3.05) is 26.7 Å². The maximum Gasteiger partial charge on any atom is 0.266 e. The second-order valence-corrected chi connectivity index (χ2v) is 11.3. The lowest BCUT2D eigenvalue weighted by molar-refractivity contribution is -0.930. The van der Waals surface area contributed by atoms with Gasteiger partial charge in [0.2, 0.25) is 0 Å². The number of nitrogens with two attached hydrogens (primary N) is 1. The number of quaternary nitrogens is 1. The summed E-state index contributed by atoms with van der Waals surface area (Å²) >= 11 is 19.2. The van der Waals surface area contributed by atoms with Gasteiger partial charge >= 0.3 is 0 Å². The number of hydrogen-bond acceptors (Lipinski definition) is 3. The fourth-order valence-electron chi connectivity index (χ4n) is 5.39. The lowest BCUT2D eigenvalue weighted by Gasteiger charge is -2.41. The molecule has 2 unspecified atom stereocenters. The topological polar surface area (TPSA) is 60.9 Å². The number of halogens is 4. The quantitative estimate of drug-likeness (QED) is 0.285. The van der Waals surface area contributed by atoms with Crippen molar-refractivity contribution in [3.05, 3.63) is 91.4 Å². The van der Waals surface area contributed by atoms with Crippen LogP contribution in [-0.4, -0.2) is 40.7 Å². The van der Waals surface area contributed by atoms with Crippen molar-refractivity contribution < 1.29 is 8.87 Å². The van der Waals surface area contributed by atoms with Crippen molar-refractivity contribution in [1.82, 2.24) is 9.55 Å². The Morgan fingerprint density at radius 3 is 2.70 bits per heavy atom. The molecule has 0 saturated carbocycles. The largest absolute Gasteiger partial charge is 0.330 e. The maximum atomic E-state index is 14.5. The third-order valence-corrected chi connectivity index (χ3v) is 8.20. The van der Waals surface area contributed by atoms with E-state index in [4.69, 9.17) is 45.5 Å². The molecule has 1 aromatic heterocycles. The Labute approximate surface area is 229 Å². The third kappa shape index (κ3) is 5.14. The molecule has 37 heavy (non-hydrogen) atoms. The monoisotopic (exact) mass is 559 g/mol. The van der Waals surface area contributed by atoms with E-state index in [2.05, 4.69) is 7.05 Å². The van der Waals surface area contributed by atoms with Crippen LogP contribution in [0.5, 0.6) is 0 Å². The number of benzene rings is 3. The summed E-state index contributed by atoms with van der Waals surface area (Å²) in [5.41, 5.74) is 7.89. The Morgan fingerprint density at radius 1 is 1.14 bits per heavy atom. The maximum absolute atomic E-state index is 14.5. The minimum atomic E-state index is -0.634. The molecule has 2 N–H and O–H groups in total. The van der Waals surface area contributed by atoms with Crippen LogP contribution in [0.4, 0.5) is 4.39 Å². The Bertz CT molecular complexity index is 1560. The number of hydrogen-bond donors (Lipinski definition) is 1.